The first-order valence-electron chi connectivity index (χ1n) is 5.98. The number of ether oxygens (including phenoxy) is 1. The molecule has 0 aliphatic heterocycles. The highest BCUT2D eigenvalue weighted by molar-refractivity contribution is 9.10. The number of aromatic carboxylic acids is 1. The minimum Gasteiger partial charge on any atom is -0.487 e. The van der Waals surface area contributed by atoms with Gasteiger partial charge in [-0.25, -0.2) is 4.79 Å². The molecule has 0 aromatic heterocycles. The first-order chi connectivity index (χ1) is 9.88. The normalized spacial score (nSPS) is 10.5. The molecule has 0 saturated carbocycles. The van der Waals surface area contributed by atoms with Crippen LogP contribution in [0.4, 0.5) is 0 Å². The van der Waals surface area contributed by atoms with Crippen molar-refractivity contribution >= 4 is 45.1 Å². The van der Waals surface area contributed by atoms with E-state index in [9.17, 15) is 4.79 Å². The van der Waals surface area contributed by atoms with Gasteiger partial charge >= 0.3 is 5.97 Å². The van der Waals surface area contributed by atoms with Gasteiger partial charge in [-0.05, 0) is 52.2 Å². The largest absolute Gasteiger partial charge is 0.487 e. The average molecular weight is 390 g/mol. The molecule has 0 aliphatic rings. The highest BCUT2D eigenvalue weighted by Gasteiger charge is 2.09. The van der Waals surface area contributed by atoms with E-state index in [4.69, 9.17) is 33.0 Å². The van der Waals surface area contributed by atoms with E-state index in [1.807, 2.05) is 6.92 Å². The number of hydrogen-bond donors (Lipinski definition) is 1. The van der Waals surface area contributed by atoms with Crippen molar-refractivity contribution in [3.05, 3.63) is 61.5 Å². The van der Waals surface area contributed by atoms with Crippen molar-refractivity contribution in [3.63, 3.8) is 0 Å². The van der Waals surface area contributed by atoms with Crippen LogP contribution in [0.1, 0.15) is 21.5 Å². The molecule has 0 heterocycles. The second-order valence-corrected chi connectivity index (χ2v) is 6.10. The molecule has 0 radical (unpaired) electrons. The van der Waals surface area contributed by atoms with Gasteiger partial charge in [-0.3, -0.25) is 0 Å². The molecule has 0 amide bonds. The predicted octanol–water partition coefficient (Wildman–Crippen LogP) is 5.34. The molecule has 2 rings (SSSR count). The Bertz CT molecular complexity index is 702. The van der Waals surface area contributed by atoms with E-state index < -0.39 is 5.97 Å². The summed E-state index contributed by atoms with van der Waals surface area (Å²) in [7, 11) is 0. The number of carbonyl (C=O) groups is 1. The zero-order valence-electron chi connectivity index (χ0n) is 11.0. The average Bonchev–Trinajstić information content (AvgIpc) is 2.42. The van der Waals surface area contributed by atoms with Crippen LogP contribution in [0.15, 0.2) is 34.8 Å². The van der Waals surface area contributed by atoms with Gasteiger partial charge in [0.05, 0.1) is 15.6 Å². The number of rotatable bonds is 4. The highest BCUT2D eigenvalue weighted by atomic mass is 79.9. The number of carboxylic acids is 1. The lowest BCUT2D eigenvalue weighted by molar-refractivity contribution is 0.0696. The van der Waals surface area contributed by atoms with E-state index in [1.165, 1.54) is 0 Å². The van der Waals surface area contributed by atoms with Crippen LogP contribution in [-0.4, -0.2) is 11.1 Å². The van der Waals surface area contributed by atoms with Crippen molar-refractivity contribution in [2.24, 2.45) is 0 Å². The monoisotopic (exact) mass is 388 g/mol. The number of halogens is 3. The third kappa shape index (κ3) is 3.90. The van der Waals surface area contributed by atoms with Crippen molar-refractivity contribution in [3.8, 4) is 5.75 Å². The fourth-order valence-electron chi connectivity index (χ4n) is 1.76. The maximum Gasteiger partial charge on any atom is 0.335 e. The fraction of sp³-hybridized carbons (Fsp3) is 0.133. The van der Waals surface area contributed by atoms with Crippen molar-refractivity contribution in [2.45, 2.75) is 13.5 Å². The van der Waals surface area contributed by atoms with E-state index >= 15 is 0 Å². The van der Waals surface area contributed by atoms with E-state index in [1.54, 1.807) is 30.3 Å². The van der Waals surface area contributed by atoms with Crippen LogP contribution in [0.5, 0.6) is 5.75 Å². The number of carboxylic acid groups (broad SMARTS) is 1. The van der Waals surface area contributed by atoms with Crippen molar-refractivity contribution in [1.82, 2.24) is 0 Å². The van der Waals surface area contributed by atoms with Gasteiger partial charge in [-0.15, -0.1) is 0 Å². The quantitative estimate of drug-likeness (QED) is 0.717. The minimum atomic E-state index is -0.951. The van der Waals surface area contributed by atoms with Gasteiger partial charge in [-0.1, -0.05) is 29.3 Å². The standard InChI is InChI=1S/C15H11BrCl2O3/c1-8-4-9(15(19)20)2-3-10(8)7-21-14-6-12(17)11(16)5-13(14)18/h2-6H,7H2,1H3,(H,19,20). The first kappa shape index (κ1) is 16.1. The lowest BCUT2D eigenvalue weighted by atomic mass is 10.1. The van der Waals surface area contributed by atoms with Crippen molar-refractivity contribution in [1.29, 1.82) is 0 Å². The number of benzene rings is 2. The van der Waals surface area contributed by atoms with Crippen molar-refractivity contribution in [2.75, 3.05) is 0 Å². The molecule has 0 saturated heterocycles. The molecule has 3 nitrogen and oxygen atoms in total. The van der Waals surface area contributed by atoms with Gasteiger partial charge in [-0.2, -0.15) is 0 Å². The van der Waals surface area contributed by atoms with Crippen LogP contribution in [0.3, 0.4) is 0 Å². The molecule has 0 spiro atoms. The maximum absolute atomic E-state index is 10.9. The fourth-order valence-corrected chi connectivity index (χ4v) is 2.61. The van der Waals surface area contributed by atoms with Crippen LogP contribution in [0.25, 0.3) is 0 Å². The number of hydrogen-bond acceptors (Lipinski definition) is 2. The van der Waals surface area contributed by atoms with Gasteiger partial charge in [0.1, 0.15) is 12.4 Å². The lowest BCUT2D eigenvalue weighted by Crippen LogP contribution is -2.02. The summed E-state index contributed by atoms with van der Waals surface area (Å²) in [6.45, 7) is 2.12. The Morgan fingerprint density at radius 1 is 1.24 bits per heavy atom. The molecule has 0 bridgehead atoms. The second-order valence-electron chi connectivity index (χ2n) is 4.43. The minimum absolute atomic E-state index is 0.251. The zero-order chi connectivity index (χ0) is 15.6. The summed E-state index contributed by atoms with van der Waals surface area (Å²) >= 11 is 15.4. The Labute approximate surface area is 140 Å². The summed E-state index contributed by atoms with van der Waals surface area (Å²) < 4.78 is 6.35. The Kier molecular flexibility index (Phi) is 5.14. The molecular formula is C15H11BrCl2O3. The topological polar surface area (TPSA) is 46.5 Å². The van der Waals surface area contributed by atoms with Gasteiger partial charge in [0.15, 0.2) is 0 Å². The summed E-state index contributed by atoms with van der Waals surface area (Å²) in [6, 6.07) is 8.18. The Balaban J connectivity index is 2.17. The Morgan fingerprint density at radius 2 is 1.95 bits per heavy atom. The second kappa shape index (κ2) is 6.69. The third-order valence-corrected chi connectivity index (χ3v) is 4.44. The van der Waals surface area contributed by atoms with Gasteiger partial charge in [0.25, 0.3) is 0 Å². The predicted molar refractivity (Wildman–Crippen MR) is 86.6 cm³/mol. The summed E-state index contributed by atoms with van der Waals surface area (Å²) in [5.74, 6) is -0.472. The molecule has 1 N–H and O–H groups in total. The summed E-state index contributed by atoms with van der Waals surface area (Å²) in [4.78, 5) is 10.9. The van der Waals surface area contributed by atoms with Crippen LogP contribution < -0.4 is 4.74 Å². The van der Waals surface area contributed by atoms with Crippen LogP contribution in [-0.2, 0) is 6.61 Å². The molecular weight excluding hydrogens is 379 g/mol. The van der Waals surface area contributed by atoms with Crippen LogP contribution in [0.2, 0.25) is 10.0 Å². The lowest BCUT2D eigenvalue weighted by Gasteiger charge is -2.11. The summed E-state index contributed by atoms with van der Waals surface area (Å²) in [6.07, 6.45) is 0. The van der Waals surface area contributed by atoms with E-state index in [2.05, 4.69) is 15.9 Å². The first-order valence-corrected chi connectivity index (χ1v) is 7.53. The third-order valence-electron chi connectivity index (χ3n) is 2.95. The molecule has 110 valence electrons. The highest BCUT2D eigenvalue weighted by Crippen LogP contribution is 2.34. The number of aryl methyl sites for hydroxylation is 1. The van der Waals surface area contributed by atoms with Gasteiger partial charge in [0, 0.05) is 10.5 Å². The SMILES string of the molecule is Cc1cc(C(=O)O)ccc1COc1cc(Cl)c(Br)cc1Cl. The van der Waals surface area contributed by atoms with Gasteiger partial charge < -0.3 is 9.84 Å². The molecule has 21 heavy (non-hydrogen) atoms. The van der Waals surface area contributed by atoms with Gasteiger partial charge in [0.2, 0.25) is 0 Å². The van der Waals surface area contributed by atoms with Crippen LogP contribution in [0, 0.1) is 6.92 Å². The molecule has 2 aromatic rings. The summed E-state index contributed by atoms with van der Waals surface area (Å²) in [5.41, 5.74) is 1.98. The Hall–Kier alpha value is -1.23. The molecule has 6 heteroatoms. The molecule has 0 atom stereocenters. The maximum atomic E-state index is 10.9. The van der Waals surface area contributed by atoms with Crippen molar-refractivity contribution < 1.29 is 14.6 Å². The van der Waals surface area contributed by atoms with Crippen LogP contribution >= 0.6 is 39.1 Å². The molecule has 2 aromatic carbocycles. The zero-order valence-corrected chi connectivity index (χ0v) is 14.1. The molecule has 0 fully saturated rings. The molecule has 0 aliphatic carbocycles. The smallest absolute Gasteiger partial charge is 0.335 e. The Morgan fingerprint density at radius 3 is 2.57 bits per heavy atom. The van der Waals surface area contributed by atoms with E-state index in [0.29, 0.717) is 20.3 Å². The van der Waals surface area contributed by atoms with E-state index in [0.717, 1.165) is 11.1 Å². The van der Waals surface area contributed by atoms with E-state index in [-0.39, 0.29) is 12.2 Å². The molecule has 0 unspecified atom stereocenters. The summed E-state index contributed by atoms with van der Waals surface area (Å²) in [5, 5.41) is 9.89.